The number of anilines is 1. The summed E-state index contributed by atoms with van der Waals surface area (Å²) >= 11 is 11.7. The first-order chi connectivity index (χ1) is 8.97. The second-order valence-corrected chi connectivity index (χ2v) is 4.48. The molecule has 0 spiro atoms. The lowest BCUT2D eigenvalue weighted by Crippen LogP contribution is -2.13. The molecule has 19 heavy (non-hydrogen) atoms. The third-order valence-electron chi connectivity index (χ3n) is 2.24. The summed E-state index contributed by atoms with van der Waals surface area (Å²) < 4.78 is 5.45. The Bertz CT molecular complexity index is 647. The van der Waals surface area contributed by atoms with E-state index in [1.54, 1.807) is 12.1 Å². The predicted octanol–water partition coefficient (Wildman–Crippen LogP) is 2.86. The van der Waals surface area contributed by atoms with Crippen molar-refractivity contribution in [2.75, 3.05) is 5.73 Å². The molecule has 0 aliphatic carbocycles. The van der Waals surface area contributed by atoms with E-state index in [0.29, 0.717) is 21.5 Å². The molecule has 0 saturated carbocycles. The van der Waals surface area contributed by atoms with Gasteiger partial charge in [0, 0.05) is 6.07 Å². The van der Waals surface area contributed by atoms with Gasteiger partial charge in [-0.05, 0) is 18.2 Å². The van der Waals surface area contributed by atoms with Crippen LogP contribution in [-0.2, 0) is 0 Å². The van der Waals surface area contributed by atoms with Crippen molar-refractivity contribution in [3.05, 3.63) is 46.1 Å². The van der Waals surface area contributed by atoms with Gasteiger partial charge in [-0.2, -0.15) is 0 Å². The Hall–Kier alpha value is -1.98. The highest BCUT2D eigenvalue weighted by atomic mass is 35.5. The fraction of sp³-hybridized carbons (Fsp3) is 0. The Labute approximate surface area is 119 Å². The van der Waals surface area contributed by atoms with Crippen LogP contribution in [0, 0.1) is 0 Å². The zero-order valence-electron chi connectivity index (χ0n) is 9.56. The van der Waals surface area contributed by atoms with Crippen LogP contribution in [0.25, 0.3) is 0 Å². The molecule has 0 bridgehead atoms. The van der Waals surface area contributed by atoms with Gasteiger partial charge in [-0.15, -0.1) is 0 Å². The number of ether oxygens (including phenoxy) is 1. The number of nitrogen functional groups attached to an aromatic ring is 1. The van der Waals surface area contributed by atoms with E-state index in [9.17, 15) is 4.79 Å². The molecule has 2 rings (SSSR count). The highest BCUT2D eigenvalue weighted by molar-refractivity contribution is 6.42. The lowest BCUT2D eigenvalue weighted by atomic mass is 10.2. The number of amides is 1. The summed E-state index contributed by atoms with van der Waals surface area (Å²) in [4.78, 5) is 15.2. The zero-order valence-corrected chi connectivity index (χ0v) is 11.1. The maximum absolute atomic E-state index is 11.3. The minimum Gasteiger partial charge on any atom is -0.438 e. The summed E-state index contributed by atoms with van der Waals surface area (Å²) in [6, 6.07) is 6.06. The van der Waals surface area contributed by atoms with Crippen LogP contribution in [0.2, 0.25) is 10.0 Å². The van der Waals surface area contributed by atoms with Gasteiger partial charge in [-0.3, -0.25) is 4.79 Å². The average Bonchev–Trinajstić information content (AvgIpc) is 2.36. The summed E-state index contributed by atoms with van der Waals surface area (Å²) in [5.41, 5.74) is 11.2. The van der Waals surface area contributed by atoms with Crippen LogP contribution in [0.1, 0.15) is 10.4 Å². The molecule has 1 aromatic carbocycles. The summed E-state index contributed by atoms with van der Waals surface area (Å²) in [5.74, 6) is -0.246. The maximum atomic E-state index is 11.3. The second-order valence-electron chi connectivity index (χ2n) is 3.66. The van der Waals surface area contributed by atoms with Crippen LogP contribution in [0.15, 0.2) is 30.5 Å². The van der Waals surface area contributed by atoms with E-state index in [0.717, 1.165) is 0 Å². The number of nitrogens with zero attached hydrogens (tertiary/aromatic N) is 1. The highest BCUT2D eigenvalue weighted by Crippen LogP contribution is 2.30. The summed E-state index contributed by atoms with van der Waals surface area (Å²) in [6.45, 7) is 0. The quantitative estimate of drug-likeness (QED) is 0.911. The van der Waals surface area contributed by atoms with Gasteiger partial charge >= 0.3 is 0 Å². The molecule has 2 aromatic rings. The van der Waals surface area contributed by atoms with Crippen molar-refractivity contribution < 1.29 is 9.53 Å². The number of nitrogens with two attached hydrogens (primary N) is 2. The molecule has 98 valence electrons. The molecular weight excluding hydrogens is 289 g/mol. The van der Waals surface area contributed by atoms with Crippen LogP contribution < -0.4 is 16.2 Å². The van der Waals surface area contributed by atoms with Gasteiger partial charge in [-0.25, -0.2) is 4.98 Å². The maximum Gasteiger partial charge on any atom is 0.254 e. The predicted molar refractivity (Wildman–Crippen MR) is 73.7 cm³/mol. The normalized spacial score (nSPS) is 10.2. The summed E-state index contributed by atoms with van der Waals surface area (Å²) in [7, 11) is 0. The van der Waals surface area contributed by atoms with Crippen molar-refractivity contribution in [3.63, 3.8) is 0 Å². The number of hydrogen-bond donors (Lipinski definition) is 2. The largest absolute Gasteiger partial charge is 0.438 e. The molecule has 0 aliphatic heterocycles. The zero-order chi connectivity index (χ0) is 14.0. The first-order valence-corrected chi connectivity index (χ1v) is 5.91. The molecule has 0 fully saturated rings. The number of halogens is 2. The number of carbonyl (C=O) groups is 1. The fourth-order valence-electron chi connectivity index (χ4n) is 1.38. The van der Waals surface area contributed by atoms with Crippen LogP contribution in [0.3, 0.4) is 0 Å². The van der Waals surface area contributed by atoms with Crippen molar-refractivity contribution in [1.82, 2.24) is 4.98 Å². The summed E-state index contributed by atoms with van der Waals surface area (Å²) in [6.07, 6.45) is 1.36. The molecule has 4 N–H and O–H groups in total. The standard InChI is InChI=1S/C12H9Cl2N3O2/c13-9-2-1-7(4-10(9)14)19-12-8(11(16)18)3-6(15)5-17-12/h1-5H,15H2,(H2,16,18). The van der Waals surface area contributed by atoms with E-state index in [-0.39, 0.29) is 11.4 Å². The van der Waals surface area contributed by atoms with Crippen LogP contribution >= 0.6 is 23.2 Å². The number of hydrogen-bond acceptors (Lipinski definition) is 4. The molecule has 1 aromatic heterocycles. The first-order valence-electron chi connectivity index (χ1n) is 5.15. The topological polar surface area (TPSA) is 91.2 Å². The molecule has 0 unspecified atom stereocenters. The van der Waals surface area contributed by atoms with Gasteiger partial charge in [0.1, 0.15) is 11.3 Å². The van der Waals surface area contributed by atoms with Gasteiger partial charge in [0.15, 0.2) is 0 Å². The van der Waals surface area contributed by atoms with E-state index in [1.165, 1.54) is 18.3 Å². The molecule has 5 nitrogen and oxygen atoms in total. The molecule has 1 heterocycles. The van der Waals surface area contributed by atoms with Gasteiger partial charge in [-0.1, -0.05) is 23.2 Å². The second kappa shape index (κ2) is 5.34. The van der Waals surface area contributed by atoms with Crippen molar-refractivity contribution in [3.8, 4) is 11.6 Å². The average molecular weight is 298 g/mol. The third kappa shape index (κ3) is 3.07. The Balaban J connectivity index is 2.37. The van der Waals surface area contributed by atoms with Gasteiger partial charge < -0.3 is 16.2 Å². The van der Waals surface area contributed by atoms with Crippen LogP contribution in [0.4, 0.5) is 5.69 Å². The van der Waals surface area contributed by atoms with Crippen molar-refractivity contribution in [2.24, 2.45) is 5.73 Å². The van der Waals surface area contributed by atoms with Crippen molar-refractivity contribution >= 4 is 34.8 Å². The Morgan fingerprint density at radius 1 is 1.21 bits per heavy atom. The number of rotatable bonds is 3. The van der Waals surface area contributed by atoms with E-state index >= 15 is 0 Å². The number of benzene rings is 1. The number of pyridine rings is 1. The molecule has 0 aliphatic rings. The highest BCUT2D eigenvalue weighted by Gasteiger charge is 2.13. The minimum absolute atomic E-state index is 0.0556. The molecular formula is C12H9Cl2N3O2. The first kappa shape index (κ1) is 13.5. The van der Waals surface area contributed by atoms with E-state index in [2.05, 4.69) is 4.98 Å². The van der Waals surface area contributed by atoms with E-state index in [4.69, 9.17) is 39.4 Å². The number of aromatic nitrogens is 1. The Morgan fingerprint density at radius 3 is 2.58 bits per heavy atom. The number of primary amides is 1. The van der Waals surface area contributed by atoms with Crippen LogP contribution in [-0.4, -0.2) is 10.9 Å². The lowest BCUT2D eigenvalue weighted by Gasteiger charge is -2.09. The smallest absolute Gasteiger partial charge is 0.254 e. The monoisotopic (exact) mass is 297 g/mol. The van der Waals surface area contributed by atoms with Crippen molar-refractivity contribution in [1.29, 1.82) is 0 Å². The Kier molecular flexibility index (Phi) is 3.78. The Morgan fingerprint density at radius 2 is 1.95 bits per heavy atom. The molecule has 1 amide bonds. The fourth-order valence-corrected chi connectivity index (χ4v) is 1.67. The van der Waals surface area contributed by atoms with Gasteiger partial charge in [0.05, 0.1) is 21.9 Å². The number of carbonyl (C=O) groups excluding carboxylic acids is 1. The molecule has 0 radical (unpaired) electrons. The SMILES string of the molecule is NC(=O)c1cc(N)cnc1Oc1ccc(Cl)c(Cl)c1. The van der Waals surface area contributed by atoms with Gasteiger partial charge in [0.25, 0.3) is 5.91 Å². The molecule has 0 saturated heterocycles. The minimum atomic E-state index is -0.685. The van der Waals surface area contributed by atoms with E-state index < -0.39 is 5.91 Å². The summed E-state index contributed by atoms with van der Waals surface area (Å²) in [5, 5.41) is 0.727. The third-order valence-corrected chi connectivity index (χ3v) is 2.98. The molecule has 0 atom stereocenters. The van der Waals surface area contributed by atoms with E-state index in [1.807, 2.05) is 0 Å². The lowest BCUT2D eigenvalue weighted by molar-refractivity contribution is 0.0997. The van der Waals surface area contributed by atoms with Gasteiger partial charge in [0.2, 0.25) is 5.88 Å². The molecule has 7 heteroatoms. The van der Waals surface area contributed by atoms with Crippen molar-refractivity contribution in [2.45, 2.75) is 0 Å². The van der Waals surface area contributed by atoms with Crippen LogP contribution in [0.5, 0.6) is 11.6 Å².